The molecule has 0 unspecified atom stereocenters. The van der Waals surface area contributed by atoms with E-state index in [1.165, 1.54) is 32.4 Å². The number of aliphatic imine (C=N–C) groups is 1. The van der Waals surface area contributed by atoms with E-state index < -0.39 is 0 Å². The van der Waals surface area contributed by atoms with Gasteiger partial charge in [0.05, 0.1) is 19.3 Å². The van der Waals surface area contributed by atoms with Gasteiger partial charge in [-0.15, -0.1) is 0 Å². The van der Waals surface area contributed by atoms with Gasteiger partial charge in [0.15, 0.2) is 5.96 Å². The smallest absolute Gasteiger partial charge is 0.195 e. The van der Waals surface area contributed by atoms with Crippen molar-refractivity contribution < 1.29 is 14.2 Å². The third-order valence-electron chi connectivity index (χ3n) is 5.32. The molecule has 0 aliphatic carbocycles. The maximum Gasteiger partial charge on any atom is 0.195 e. The molecule has 0 atom stereocenters. The maximum atomic E-state index is 5.73. The van der Waals surface area contributed by atoms with Gasteiger partial charge in [0, 0.05) is 32.5 Å². The van der Waals surface area contributed by atoms with Gasteiger partial charge >= 0.3 is 0 Å². The van der Waals surface area contributed by atoms with Crippen molar-refractivity contribution in [3.63, 3.8) is 0 Å². The molecule has 0 amide bonds. The van der Waals surface area contributed by atoms with Crippen LogP contribution in [-0.4, -0.2) is 77.1 Å². The second-order valence-electron chi connectivity index (χ2n) is 8.47. The molecule has 0 bridgehead atoms. The van der Waals surface area contributed by atoms with Gasteiger partial charge in [0.1, 0.15) is 5.75 Å². The van der Waals surface area contributed by atoms with Crippen molar-refractivity contribution in [3.05, 3.63) is 24.3 Å². The van der Waals surface area contributed by atoms with E-state index in [2.05, 4.69) is 22.6 Å². The third kappa shape index (κ3) is 11.4. The van der Waals surface area contributed by atoms with E-state index in [-0.39, 0.29) is 6.10 Å². The number of anilines is 1. The molecular weight excluding hydrogens is 392 g/mol. The lowest BCUT2D eigenvalue weighted by Gasteiger charge is -2.29. The van der Waals surface area contributed by atoms with Gasteiger partial charge in [-0.1, -0.05) is 0 Å². The first-order valence-electron chi connectivity index (χ1n) is 11.6. The Bertz CT molecular complexity index is 614. The molecular formula is C24H42N4O3. The Hall–Kier alpha value is -1.83. The lowest BCUT2D eigenvalue weighted by molar-refractivity contribution is 0.0702. The van der Waals surface area contributed by atoms with E-state index in [1.54, 1.807) is 7.11 Å². The van der Waals surface area contributed by atoms with Gasteiger partial charge in [-0.05, 0) is 89.9 Å². The van der Waals surface area contributed by atoms with Crippen LogP contribution < -0.4 is 15.4 Å². The van der Waals surface area contributed by atoms with Crippen LogP contribution in [0.2, 0.25) is 0 Å². The number of rotatable bonds is 13. The highest BCUT2D eigenvalue weighted by Gasteiger charge is 2.16. The zero-order valence-corrected chi connectivity index (χ0v) is 19.9. The van der Waals surface area contributed by atoms with Crippen LogP contribution in [0, 0.1) is 5.92 Å². The summed E-state index contributed by atoms with van der Waals surface area (Å²) < 4.78 is 16.3. The van der Waals surface area contributed by atoms with Crippen molar-refractivity contribution in [1.29, 1.82) is 0 Å². The van der Waals surface area contributed by atoms with Crippen LogP contribution in [0.25, 0.3) is 0 Å². The van der Waals surface area contributed by atoms with Crippen molar-refractivity contribution >= 4 is 11.6 Å². The minimum Gasteiger partial charge on any atom is -0.491 e. The van der Waals surface area contributed by atoms with E-state index in [4.69, 9.17) is 19.2 Å². The lowest BCUT2D eigenvalue weighted by atomic mass is 9.94. The molecule has 0 spiro atoms. The van der Waals surface area contributed by atoms with Crippen LogP contribution in [0.3, 0.4) is 0 Å². The Labute approximate surface area is 188 Å². The first-order chi connectivity index (χ1) is 15.1. The number of methoxy groups -OCH3 is 1. The molecule has 31 heavy (non-hydrogen) atoms. The second kappa shape index (κ2) is 15.1. The van der Waals surface area contributed by atoms with Crippen LogP contribution in [0.15, 0.2) is 29.3 Å². The summed E-state index contributed by atoms with van der Waals surface area (Å²) in [7, 11) is 3.89. The van der Waals surface area contributed by atoms with E-state index in [0.29, 0.717) is 26.4 Å². The Morgan fingerprint density at radius 1 is 1.13 bits per heavy atom. The molecule has 7 heteroatoms. The standard InChI is InChI=1S/C24H42N4O3/c1-20(2)31-23-8-6-22(7-9-23)27-24(25-13-5-17-30-19-18-29-4)26-14-10-21-11-15-28(3)16-12-21/h6-9,20-21H,5,10-19H2,1-4H3,(H2,25,26,27). The summed E-state index contributed by atoms with van der Waals surface area (Å²) >= 11 is 0. The third-order valence-corrected chi connectivity index (χ3v) is 5.32. The van der Waals surface area contributed by atoms with E-state index >= 15 is 0 Å². The topological polar surface area (TPSA) is 67.4 Å². The summed E-state index contributed by atoms with van der Waals surface area (Å²) in [5.74, 6) is 2.50. The fraction of sp³-hybridized carbons (Fsp3) is 0.708. The number of nitrogens with one attached hydrogen (secondary N) is 2. The van der Waals surface area contributed by atoms with Crippen LogP contribution in [-0.2, 0) is 9.47 Å². The Balaban J connectivity index is 1.82. The summed E-state index contributed by atoms with van der Waals surface area (Å²) in [5, 5.41) is 6.95. The number of ether oxygens (including phenoxy) is 3. The fourth-order valence-corrected chi connectivity index (χ4v) is 3.51. The number of nitrogens with zero attached hydrogens (tertiary/aromatic N) is 2. The predicted octanol–water partition coefficient (Wildman–Crippen LogP) is 3.62. The summed E-state index contributed by atoms with van der Waals surface area (Å²) in [6, 6.07) is 8.03. The molecule has 1 fully saturated rings. The molecule has 1 aromatic rings. The molecule has 2 N–H and O–H groups in total. The van der Waals surface area contributed by atoms with Gasteiger partial charge in [-0.3, -0.25) is 4.99 Å². The second-order valence-corrected chi connectivity index (χ2v) is 8.47. The highest BCUT2D eigenvalue weighted by Crippen LogP contribution is 2.19. The largest absolute Gasteiger partial charge is 0.491 e. The number of hydrogen-bond acceptors (Lipinski definition) is 5. The number of benzene rings is 1. The molecule has 2 rings (SSSR count). The number of guanidine groups is 1. The fourth-order valence-electron chi connectivity index (χ4n) is 3.51. The Kier molecular flexibility index (Phi) is 12.3. The van der Waals surface area contributed by atoms with Crippen molar-refractivity contribution in [3.8, 4) is 5.75 Å². The Morgan fingerprint density at radius 3 is 2.55 bits per heavy atom. The zero-order chi connectivity index (χ0) is 22.3. The molecule has 1 saturated heterocycles. The van der Waals surface area contributed by atoms with Crippen LogP contribution >= 0.6 is 0 Å². The highest BCUT2D eigenvalue weighted by atomic mass is 16.5. The average Bonchev–Trinajstić information content (AvgIpc) is 2.75. The first-order valence-corrected chi connectivity index (χ1v) is 11.6. The van der Waals surface area contributed by atoms with E-state index in [0.717, 1.165) is 36.3 Å². The molecule has 1 heterocycles. The van der Waals surface area contributed by atoms with Crippen LogP contribution in [0.1, 0.15) is 39.5 Å². The molecule has 1 aliphatic rings. The SMILES string of the molecule is COCCOCCCN=C(NCCC1CCN(C)CC1)Nc1ccc(OC(C)C)cc1. The molecule has 176 valence electrons. The summed E-state index contributed by atoms with van der Waals surface area (Å²) in [6.45, 7) is 10.1. The van der Waals surface area contributed by atoms with E-state index in [9.17, 15) is 0 Å². The normalized spacial score (nSPS) is 16.0. The van der Waals surface area contributed by atoms with Gasteiger partial charge in [0.2, 0.25) is 0 Å². The highest BCUT2D eigenvalue weighted by molar-refractivity contribution is 5.93. The minimum atomic E-state index is 0.170. The van der Waals surface area contributed by atoms with Crippen molar-refractivity contribution in [2.45, 2.75) is 45.6 Å². The number of likely N-dealkylation sites (tertiary alicyclic amines) is 1. The molecule has 1 aliphatic heterocycles. The number of hydrogen-bond donors (Lipinski definition) is 2. The van der Waals surface area contributed by atoms with E-state index in [1.807, 2.05) is 38.1 Å². The van der Waals surface area contributed by atoms with Gasteiger partial charge < -0.3 is 29.7 Å². The Morgan fingerprint density at radius 2 is 1.87 bits per heavy atom. The quantitative estimate of drug-likeness (QED) is 0.281. The van der Waals surface area contributed by atoms with Gasteiger partial charge in [-0.2, -0.15) is 0 Å². The molecule has 0 radical (unpaired) electrons. The maximum absolute atomic E-state index is 5.73. The molecule has 1 aromatic carbocycles. The van der Waals surface area contributed by atoms with Crippen molar-refractivity contribution in [2.75, 3.05) is 65.5 Å². The van der Waals surface area contributed by atoms with Crippen LogP contribution in [0.5, 0.6) is 5.75 Å². The molecule has 0 saturated carbocycles. The summed E-state index contributed by atoms with van der Waals surface area (Å²) in [4.78, 5) is 7.16. The lowest BCUT2D eigenvalue weighted by Crippen LogP contribution is -2.35. The van der Waals surface area contributed by atoms with Crippen LogP contribution in [0.4, 0.5) is 5.69 Å². The van der Waals surface area contributed by atoms with Crippen molar-refractivity contribution in [1.82, 2.24) is 10.2 Å². The summed E-state index contributed by atoms with van der Waals surface area (Å²) in [6.07, 6.45) is 4.80. The van der Waals surface area contributed by atoms with Gasteiger partial charge in [-0.25, -0.2) is 0 Å². The number of piperidine rings is 1. The summed E-state index contributed by atoms with van der Waals surface area (Å²) in [5.41, 5.74) is 0.998. The minimum absolute atomic E-state index is 0.170. The molecule has 7 nitrogen and oxygen atoms in total. The predicted molar refractivity (Wildman–Crippen MR) is 128 cm³/mol. The monoisotopic (exact) mass is 434 g/mol. The average molecular weight is 435 g/mol. The van der Waals surface area contributed by atoms with Gasteiger partial charge in [0.25, 0.3) is 0 Å². The first kappa shape index (κ1) is 25.4. The van der Waals surface area contributed by atoms with Crippen molar-refractivity contribution in [2.24, 2.45) is 10.9 Å². The zero-order valence-electron chi connectivity index (χ0n) is 19.9. The molecule has 0 aromatic heterocycles.